The number of fused-ring (bicyclic) bond motifs is 1. The van der Waals surface area contributed by atoms with Gasteiger partial charge in [-0.05, 0) is 18.2 Å². The minimum Gasteiger partial charge on any atom is -0.478 e. The highest BCUT2D eigenvalue weighted by Gasteiger charge is 2.11. The first-order valence-electron chi connectivity index (χ1n) is 7.26. The molecule has 2 heterocycles. The molecule has 7 nitrogen and oxygen atoms in total. The Labute approximate surface area is 140 Å². The Hall–Kier alpha value is -1.96. The Bertz CT molecular complexity index is 677. The molecule has 1 aromatic carbocycles. The van der Waals surface area contributed by atoms with Crippen LogP contribution in [0.25, 0.3) is 10.9 Å². The number of nitrogens with zero attached hydrogens (tertiary/aromatic N) is 3. The van der Waals surface area contributed by atoms with Crippen molar-refractivity contribution in [1.29, 1.82) is 0 Å². The third-order valence-electron chi connectivity index (χ3n) is 3.71. The van der Waals surface area contributed by atoms with Gasteiger partial charge in [0.15, 0.2) is 0 Å². The molecule has 2 N–H and O–H groups in total. The predicted molar refractivity (Wildman–Crippen MR) is 89.5 cm³/mol. The average Bonchev–Trinajstić information content (AvgIpc) is 2.55. The summed E-state index contributed by atoms with van der Waals surface area (Å²) in [6, 6.07) is 4.88. The maximum Gasteiger partial charge on any atom is 0.335 e. The van der Waals surface area contributed by atoms with E-state index in [1.807, 2.05) is 0 Å². The molecular formula is C15H19ClN4O3. The minimum absolute atomic E-state index is 0. The highest BCUT2D eigenvalue weighted by Crippen LogP contribution is 2.20. The molecule has 0 unspecified atom stereocenters. The van der Waals surface area contributed by atoms with E-state index in [0.29, 0.717) is 5.52 Å². The van der Waals surface area contributed by atoms with Crippen molar-refractivity contribution in [3.05, 3.63) is 30.1 Å². The zero-order chi connectivity index (χ0) is 15.4. The maximum absolute atomic E-state index is 11.0. The van der Waals surface area contributed by atoms with Crippen molar-refractivity contribution in [1.82, 2.24) is 14.9 Å². The Balaban J connectivity index is 0.00000192. The highest BCUT2D eigenvalue weighted by atomic mass is 35.5. The third-order valence-corrected chi connectivity index (χ3v) is 3.71. The molecule has 23 heavy (non-hydrogen) atoms. The summed E-state index contributed by atoms with van der Waals surface area (Å²) < 4.78 is 5.32. The van der Waals surface area contributed by atoms with Crippen molar-refractivity contribution in [2.24, 2.45) is 0 Å². The van der Waals surface area contributed by atoms with E-state index in [1.54, 1.807) is 18.2 Å². The summed E-state index contributed by atoms with van der Waals surface area (Å²) >= 11 is 0. The molecule has 0 radical (unpaired) electrons. The number of aromatic nitrogens is 2. The lowest BCUT2D eigenvalue weighted by Crippen LogP contribution is -2.39. The summed E-state index contributed by atoms with van der Waals surface area (Å²) in [5.41, 5.74) is 0.856. The molecular weight excluding hydrogens is 320 g/mol. The molecule has 0 aliphatic carbocycles. The second-order valence-corrected chi connectivity index (χ2v) is 5.14. The summed E-state index contributed by atoms with van der Waals surface area (Å²) in [4.78, 5) is 21.7. The number of aromatic carboxylic acids is 1. The van der Waals surface area contributed by atoms with Gasteiger partial charge >= 0.3 is 5.97 Å². The lowest BCUT2D eigenvalue weighted by Gasteiger charge is -2.26. The molecule has 0 amide bonds. The van der Waals surface area contributed by atoms with Crippen molar-refractivity contribution in [3.8, 4) is 0 Å². The van der Waals surface area contributed by atoms with Crippen LogP contribution in [0.1, 0.15) is 10.4 Å². The number of nitrogens with one attached hydrogen (secondary N) is 1. The molecule has 0 bridgehead atoms. The van der Waals surface area contributed by atoms with Crippen LogP contribution >= 0.6 is 12.4 Å². The lowest BCUT2D eigenvalue weighted by molar-refractivity contribution is 0.0398. The van der Waals surface area contributed by atoms with Gasteiger partial charge in [-0.2, -0.15) is 0 Å². The second-order valence-electron chi connectivity index (χ2n) is 5.14. The molecule has 0 atom stereocenters. The Morgan fingerprint density at radius 1 is 1.30 bits per heavy atom. The molecule has 3 rings (SSSR count). The van der Waals surface area contributed by atoms with Crippen LogP contribution < -0.4 is 5.32 Å². The molecule has 2 aromatic rings. The molecule has 1 fully saturated rings. The fraction of sp³-hybridized carbons (Fsp3) is 0.400. The number of hydrogen-bond donors (Lipinski definition) is 2. The molecule has 0 saturated carbocycles. The van der Waals surface area contributed by atoms with E-state index < -0.39 is 5.97 Å². The topological polar surface area (TPSA) is 87.6 Å². The van der Waals surface area contributed by atoms with Gasteiger partial charge in [-0.25, -0.2) is 14.8 Å². The van der Waals surface area contributed by atoms with Gasteiger partial charge in [0.25, 0.3) is 0 Å². The average molecular weight is 339 g/mol. The number of carbonyl (C=O) groups is 1. The Morgan fingerprint density at radius 3 is 2.83 bits per heavy atom. The smallest absolute Gasteiger partial charge is 0.335 e. The minimum atomic E-state index is -0.956. The van der Waals surface area contributed by atoms with E-state index in [-0.39, 0.29) is 18.0 Å². The van der Waals surface area contributed by atoms with E-state index in [9.17, 15) is 4.79 Å². The number of halogens is 1. The van der Waals surface area contributed by atoms with Crippen LogP contribution in [0, 0.1) is 0 Å². The van der Waals surface area contributed by atoms with Crippen LogP contribution in [-0.2, 0) is 4.74 Å². The van der Waals surface area contributed by atoms with Gasteiger partial charge in [0.1, 0.15) is 12.1 Å². The summed E-state index contributed by atoms with van der Waals surface area (Å²) in [5.74, 6) is -0.225. The largest absolute Gasteiger partial charge is 0.478 e. The van der Waals surface area contributed by atoms with Crippen LogP contribution in [0.15, 0.2) is 24.5 Å². The first kappa shape index (κ1) is 17.4. The summed E-state index contributed by atoms with van der Waals surface area (Å²) in [6.45, 7) is 5.17. The van der Waals surface area contributed by atoms with Crippen molar-refractivity contribution in [3.63, 3.8) is 0 Å². The van der Waals surface area contributed by atoms with Gasteiger partial charge in [-0.15, -0.1) is 12.4 Å². The molecule has 1 aromatic heterocycles. The molecule has 8 heteroatoms. The van der Waals surface area contributed by atoms with Crippen molar-refractivity contribution in [2.75, 3.05) is 44.7 Å². The summed E-state index contributed by atoms with van der Waals surface area (Å²) in [7, 11) is 0. The number of rotatable bonds is 5. The van der Waals surface area contributed by atoms with Crippen LogP contribution in [-0.4, -0.2) is 65.3 Å². The number of ether oxygens (including phenoxy) is 1. The fourth-order valence-corrected chi connectivity index (χ4v) is 2.49. The van der Waals surface area contributed by atoms with E-state index in [4.69, 9.17) is 9.84 Å². The van der Waals surface area contributed by atoms with E-state index in [0.717, 1.165) is 50.6 Å². The monoisotopic (exact) mass is 338 g/mol. The number of benzene rings is 1. The first-order chi connectivity index (χ1) is 10.7. The number of carboxylic acid groups (broad SMARTS) is 1. The van der Waals surface area contributed by atoms with Gasteiger partial charge in [0.05, 0.1) is 24.3 Å². The van der Waals surface area contributed by atoms with E-state index in [2.05, 4.69) is 20.2 Å². The van der Waals surface area contributed by atoms with Crippen LogP contribution in [0.2, 0.25) is 0 Å². The van der Waals surface area contributed by atoms with Crippen LogP contribution in [0.3, 0.4) is 0 Å². The standard InChI is InChI=1S/C15H18N4O3.ClH/c20-15(21)11-1-2-12-13(9-11)17-10-18-14(12)16-3-4-19-5-7-22-8-6-19;/h1-2,9-10H,3-8H2,(H,20,21)(H,16,17,18);1H. The zero-order valence-corrected chi connectivity index (χ0v) is 13.4. The maximum atomic E-state index is 11.0. The van der Waals surface area contributed by atoms with Crippen molar-refractivity contribution in [2.45, 2.75) is 0 Å². The zero-order valence-electron chi connectivity index (χ0n) is 12.6. The van der Waals surface area contributed by atoms with Crippen LogP contribution in [0.5, 0.6) is 0 Å². The first-order valence-corrected chi connectivity index (χ1v) is 7.26. The Kier molecular flexibility index (Phi) is 6.09. The summed E-state index contributed by atoms with van der Waals surface area (Å²) in [5, 5.41) is 13.2. The van der Waals surface area contributed by atoms with Gasteiger partial charge in [0, 0.05) is 31.6 Å². The number of carboxylic acids is 1. The van der Waals surface area contributed by atoms with Gasteiger partial charge < -0.3 is 15.2 Å². The van der Waals surface area contributed by atoms with Crippen molar-refractivity contribution < 1.29 is 14.6 Å². The van der Waals surface area contributed by atoms with Gasteiger partial charge in [0.2, 0.25) is 0 Å². The van der Waals surface area contributed by atoms with E-state index in [1.165, 1.54) is 6.33 Å². The summed E-state index contributed by atoms with van der Waals surface area (Å²) in [6.07, 6.45) is 1.45. The highest BCUT2D eigenvalue weighted by molar-refractivity contribution is 5.96. The quantitative estimate of drug-likeness (QED) is 0.854. The SMILES string of the molecule is Cl.O=C(O)c1ccc2c(NCCN3CCOCC3)ncnc2c1. The lowest BCUT2D eigenvalue weighted by atomic mass is 10.1. The molecule has 1 saturated heterocycles. The molecule has 0 spiro atoms. The van der Waals surface area contributed by atoms with E-state index >= 15 is 0 Å². The second kappa shape index (κ2) is 8.05. The fourth-order valence-electron chi connectivity index (χ4n) is 2.49. The molecule has 1 aliphatic rings. The number of hydrogen-bond acceptors (Lipinski definition) is 6. The predicted octanol–water partition coefficient (Wildman–Crippen LogP) is 1.49. The molecule has 124 valence electrons. The number of anilines is 1. The third kappa shape index (κ3) is 4.28. The van der Waals surface area contributed by atoms with Crippen molar-refractivity contribution >= 4 is 35.1 Å². The molecule has 1 aliphatic heterocycles. The number of morpholine rings is 1. The van der Waals surface area contributed by atoms with Crippen LogP contribution in [0.4, 0.5) is 5.82 Å². The normalized spacial score (nSPS) is 15.1. The van der Waals surface area contributed by atoms with Gasteiger partial charge in [-0.3, -0.25) is 4.90 Å². The Morgan fingerprint density at radius 2 is 2.09 bits per heavy atom. The van der Waals surface area contributed by atoms with Gasteiger partial charge in [-0.1, -0.05) is 0 Å².